The molecule has 1 aliphatic heterocycles. The smallest absolute Gasteiger partial charge is 0.255 e. The van der Waals surface area contributed by atoms with Gasteiger partial charge in [0.1, 0.15) is 5.82 Å². The zero-order valence-electron chi connectivity index (χ0n) is 18.6. The summed E-state index contributed by atoms with van der Waals surface area (Å²) in [4.78, 5) is 25.0. The molecule has 35 heavy (non-hydrogen) atoms. The molecule has 0 unspecified atom stereocenters. The summed E-state index contributed by atoms with van der Waals surface area (Å²) < 4.78 is 18.6. The lowest BCUT2D eigenvalue weighted by atomic mass is 10.1. The summed E-state index contributed by atoms with van der Waals surface area (Å²) in [6, 6.07) is 12.9. The maximum Gasteiger partial charge on any atom is 0.255 e. The van der Waals surface area contributed by atoms with Gasteiger partial charge >= 0.3 is 0 Å². The molecule has 0 aliphatic carbocycles. The number of aromatic nitrogens is 3. The van der Waals surface area contributed by atoms with E-state index in [0.29, 0.717) is 57.6 Å². The highest BCUT2D eigenvalue weighted by Crippen LogP contribution is 2.40. The van der Waals surface area contributed by atoms with Gasteiger partial charge in [0.2, 0.25) is 5.82 Å². The van der Waals surface area contributed by atoms with E-state index in [1.165, 1.54) is 19.2 Å². The Morgan fingerprint density at radius 2 is 1.97 bits per heavy atom. The normalized spacial score (nSPS) is 12.3. The molecule has 3 N–H and O–H groups in total. The number of amides is 1. The van der Waals surface area contributed by atoms with Crippen LogP contribution in [0.15, 0.2) is 54.7 Å². The molecule has 2 aromatic heterocycles. The molecule has 1 amide bonds. The molecule has 0 spiro atoms. The number of carbonyl (C=O) groups excluding carboxylic acids is 1. The highest BCUT2D eigenvalue weighted by Gasteiger charge is 2.28. The minimum absolute atomic E-state index is 0.192. The van der Waals surface area contributed by atoms with E-state index in [-0.39, 0.29) is 17.5 Å². The van der Waals surface area contributed by atoms with Crippen molar-refractivity contribution in [2.24, 2.45) is 0 Å². The van der Waals surface area contributed by atoms with Crippen LogP contribution >= 0.6 is 11.6 Å². The van der Waals surface area contributed by atoms with Gasteiger partial charge in [-0.2, -0.15) is 0 Å². The average Bonchev–Trinajstić information content (AvgIpc) is 3.24. The van der Waals surface area contributed by atoms with Gasteiger partial charge in [-0.15, -0.1) is 0 Å². The number of benzene rings is 2. The summed E-state index contributed by atoms with van der Waals surface area (Å²) in [5.74, 6) is 6.07. The first-order chi connectivity index (χ1) is 17.0. The number of hydrogen-bond donors (Lipinski definition) is 3. The SMILES string of the molecule is COc1c(Cl)cccc1Nc1c(-c2ccnc(C#Cc3ccc(F)cc3)n2)[nH]c2c1C(=O)NCC2. The summed E-state index contributed by atoms with van der Waals surface area (Å²) >= 11 is 6.30. The predicted molar refractivity (Wildman–Crippen MR) is 132 cm³/mol. The third kappa shape index (κ3) is 4.54. The lowest BCUT2D eigenvalue weighted by molar-refractivity contribution is 0.0947. The fraction of sp³-hybridized carbons (Fsp3) is 0.115. The van der Waals surface area contributed by atoms with Gasteiger partial charge in [0.05, 0.1) is 40.5 Å². The van der Waals surface area contributed by atoms with Crippen molar-refractivity contribution in [3.05, 3.63) is 88.2 Å². The second kappa shape index (κ2) is 9.49. The Morgan fingerprint density at radius 1 is 1.14 bits per heavy atom. The molecule has 0 fully saturated rings. The van der Waals surface area contributed by atoms with Crippen molar-refractivity contribution in [1.29, 1.82) is 0 Å². The quantitative estimate of drug-likeness (QED) is 0.363. The molecule has 3 heterocycles. The minimum atomic E-state index is -0.329. The van der Waals surface area contributed by atoms with Crippen LogP contribution in [0.3, 0.4) is 0 Å². The highest BCUT2D eigenvalue weighted by molar-refractivity contribution is 6.32. The molecule has 0 saturated heterocycles. The largest absolute Gasteiger partial charge is 0.493 e. The van der Waals surface area contributed by atoms with Gasteiger partial charge in [0.15, 0.2) is 5.75 Å². The van der Waals surface area contributed by atoms with Gasteiger partial charge in [0.25, 0.3) is 5.91 Å². The summed E-state index contributed by atoms with van der Waals surface area (Å²) in [5.41, 5.74) is 4.26. The Bertz CT molecular complexity index is 1490. The molecule has 2 aromatic carbocycles. The van der Waals surface area contributed by atoms with Gasteiger partial charge in [-0.3, -0.25) is 4.79 Å². The fourth-order valence-electron chi connectivity index (χ4n) is 3.87. The third-order valence-electron chi connectivity index (χ3n) is 5.47. The van der Waals surface area contributed by atoms with Crippen LogP contribution in [0.4, 0.5) is 15.8 Å². The van der Waals surface area contributed by atoms with Crippen molar-refractivity contribution in [3.63, 3.8) is 0 Å². The van der Waals surface area contributed by atoms with Crippen LogP contribution in [0.1, 0.15) is 27.4 Å². The van der Waals surface area contributed by atoms with Crippen LogP contribution in [-0.2, 0) is 6.42 Å². The second-order valence-electron chi connectivity index (χ2n) is 7.70. The molecule has 0 saturated carbocycles. The molecule has 7 nitrogen and oxygen atoms in total. The van der Waals surface area contributed by atoms with Gasteiger partial charge < -0.3 is 20.4 Å². The Kier molecular flexibility index (Phi) is 6.08. The van der Waals surface area contributed by atoms with Crippen molar-refractivity contribution in [1.82, 2.24) is 20.3 Å². The van der Waals surface area contributed by atoms with Gasteiger partial charge in [-0.1, -0.05) is 23.6 Å². The molecule has 174 valence electrons. The molecular weight excluding hydrogens is 469 g/mol. The Hall–Kier alpha value is -4.35. The van der Waals surface area contributed by atoms with Crippen LogP contribution < -0.4 is 15.4 Å². The van der Waals surface area contributed by atoms with Gasteiger partial charge in [-0.25, -0.2) is 14.4 Å². The number of methoxy groups -OCH3 is 1. The third-order valence-corrected chi connectivity index (χ3v) is 5.77. The number of anilines is 2. The number of nitrogens with zero attached hydrogens (tertiary/aromatic N) is 2. The van der Waals surface area contributed by atoms with E-state index in [1.807, 2.05) is 6.07 Å². The fourth-order valence-corrected chi connectivity index (χ4v) is 4.12. The van der Waals surface area contributed by atoms with E-state index in [4.69, 9.17) is 16.3 Å². The molecule has 9 heteroatoms. The van der Waals surface area contributed by atoms with E-state index in [9.17, 15) is 9.18 Å². The van der Waals surface area contributed by atoms with E-state index in [1.54, 1.807) is 36.5 Å². The maximum absolute atomic E-state index is 13.2. The first-order valence-corrected chi connectivity index (χ1v) is 11.1. The molecular formula is C26H19ClFN5O2. The number of para-hydroxylation sites is 1. The van der Waals surface area contributed by atoms with Crippen molar-refractivity contribution >= 4 is 28.9 Å². The number of fused-ring (bicyclic) bond motifs is 1. The molecule has 0 radical (unpaired) electrons. The number of carbonyl (C=O) groups is 1. The topological polar surface area (TPSA) is 91.9 Å². The number of halogens is 2. The Morgan fingerprint density at radius 3 is 2.77 bits per heavy atom. The lowest BCUT2D eigenvalue weighted by Crippen LogP contribution is -2.31. The summed E-state index contributed by atoms with van der Waals surface area (Å²) in [5, 5.41) is 6.64. The summed E-state index contributed by atoms with van der Waals surface area (Å²) in [7, 11) is 1.53. The molecule has 1 aliphatic rings. The maximum atomic E-state index is 13.2. The van der Waals surface area contributed by atoms with Crippen LogP contribution in [0, 0.1) is 17.7 Å². The van der Waals surface area contributed by atoms with E-state index in [2.05, 4.69) is 37.4 Å². The lowest BCUT2D eigenvalue weighted by Gasteiger charge is -2.16. The highest BCUT2D eigenvalue weighted by atomic mass is 35.5. The monoisotopic (exact) mass is 487 g/mol. The molecule has 5 rings (SSSR count). The molecule has 0 atom stereocenters. The summed E-state index contributed by atoms with van der Waals surface area (Å²) in [6.07, 6.45) is 2.24. The number of nitrogens with one attached hydrogen (secondary N) is 3. The van der Waals surface area contributed by atoms with Crippen LogP contribution in [-0.4, -0.2) is 34.5 Å². The van der Waals surface area contributed by atoms with Crippen LogP contribution in [0.5, 0.6) is 5.75 Å². The first-order valence-electron chi connectivity index (χ1n) is 10.8. The number of aromatic amines is 1. The van der Waals surface area contributed by atoms with E-state index in [0.717, 1.165) is 5.69 Å². The summed E-state index contributed by atoms with van der Waals surface area (Å²) in [6.45, 7) is 0.532. The number of rotatable bonds is 4. The second-order valence-corrected chi connectivity index (χ2v) is 8.11. The Balaban J connectivity index is 1.58. The molecule has 0 bridgehead atoms. The van der Waals surface area contributed by atoms with E-state index >= 15 is 0 Å². The minimum Gasteiger partial charge on any atom is -0.493 e. The Labute approximate surface area is 205 Å². The zero-order chi connectivity index (χ0) is 24.4. The van der Waals surface area contributed by atoms with Crippen molar-refractivity contribution in [2.75, 3.05) is 19.0 Å². The van der Waals surface area contributed by atoms with Crippen molar-refractivity contribution < 1.29 is 13.9 Å². The van der Waals surface area contributed by atoms with Gasteiger partial charge in [0, 0.05) is 30.4 Å². The van der Waals surface area contributed by atoms with Crippen molar-refractivity contribution in [3.8, 4) is 29.0 Å². The predicted octanol–water partition coefficient (Wildman–Crippen LogP) is 4.70. The van der Waals surface area contributed by atoms with Crippen LogP contribution in [0.2, 0.25) is 5.02 Å². The first kappa shape index (κ1) is 22.4. The van der Waals surface area contributed by atoms with Gasteiger partial charge in [-0.05, 0) is 48.4 Å². The number of ether oxygens (including phenoxy) is 1. The standard InChI is InChI=1S/C26H19ClFN5O2/c1-35-25-17(27)3-2-4-20(25)33-24-22-18(11-14-30-26(22)34)32-23(24)19-12-13-29-21(31-19)10-7-15-5-8-16(28)9-6-15/h2-6,8-9,12-13,32-33H,11,14H2,1H3,(H,30,34). The van der Waals surface area contributed by atoms with E-state index < -0.39 is 0 Å². The zero-order valence-corrected chi connectivity index (χ0v) is 19.3. The van der Waals surface area contributed by atoms with Crippen LogP contribution in [0.25, 0.3) is 11.4 Å². The number of H-pyrrole nitrogens is 1. The number of hydrogen-bond acceptors (Lipinski definition) is 5. The molecule has 4 aromatic rings. The van der Waals surface area contributed by atoms with Crippen molar-refractivity contribution in [2.45, 2.75) is 6.42 Å². The average molecular weight is 488 g/mol.